The van der Waals surface area contributed by atoms with E-state index in [1.807, 2.05) is 0 Å². The molecule has 2 unspecified atom stereocenters. The molecule has 0 radical (unpaired) electrons. The fourth-order valence-electron chi connectivity index (χ4n) is 0.135. The van der Waals surface area contributed by atoms with Crippen LogP contribution in [0.5, 0.6) is 0 Å². The summed E-state index contributed by atoms with van der Waals surface area (Å²) in [7, 11) is -6.33. The highest BCUT2D eigenvalue weighted by molar-refractivity contribution is 7.47. The van der Waals surface area contributed by atoms with Crippen LogP contribution in [-0.4, -0.2) is 11.4 Å². The summed E-state index contributed by atoms with van der Waals surface area (Å²) in [6.07, 6.45) is 0. The molecule has 54 valence electrons. The molecule has 0 aliphatic rings. The Morgan fingerprint density at radius 1 is 1.44 bits per heavy atom. The third-order valence-electron chi connectivity index (χ3n) is 0.315. The van der Waals surface area contributed by atoms with E-state index in [2.05, 4.69) is 8.83 Å². The van der Waals surface area contributed by atoms with E-state index < -0.39 is 16.5 Å². The fourth-order valence-corrected chi connectivity index (χ4v) is 0.976. The lowest BCUT2D eigenvalue weighted by atomic mass is 11.7. The van der Waals surface area contributed by atoms with Crippen LogP contribution in [0, 0.1) is 0 Å². The Morgan fingerprint density at radius 3 is 2.33 bits per heavy atom. The van der Waals surface area contributed by atoms with Crippen LogP contribution in [-0.2, 0) is 22.8 Å². The fraction of sp³-hybridized carbons (Fsp3) is 0. The van der Waals surface area contributed by atoms with Crippen molar-refractivity contribution in [3.8, 4) is 0 Å². The summed E-state index contributed by atoms with van der Waals surface area (Å²) in [5, 5.41) is 0. The van der Waals surface area contributed by atoms with Gasteiger partial charge in [-0.3, -0.25) is 9.36 Å². The maximum absolute atomic E-state index is 10.0. The molecule has 0 spiro atoms. The maximum Gasteiger partial charge on any atom is 0.376 e. The van der Waals surface area contributed by atoms with Crippen molar-refractivity contribution >= 4 is 23.0 Å². The predicted octanol–water partition coefficient (Wildman–Crippen LogP) is -0.0523. The van der Waals surface area contributed by atoms with Crippen LogP contribution in [0.2, 0.25) is 0 Å². The third kappa shape index (κ3) is 5.73. The molecular formula is CH4O6P2. The molecule has 0 heterocycles. The molecule has 9 heavy (non-hydrogen) atoms. The molecule has 0 rings (SSSR count). The van der Waals surface area contributed by atoms with Gasteiger partial charge in [-0.2, -0.15) is 0 Å². The standard InChI is InChI=1S/CH4O6P2/c2-1-6-9(5)7-8(3)4/h1,8-9H,(H,3,4). The Kier molecular flexibility index (Phi) is 4.62. The van der Waals surface area contributed by atoms with Crippen molar-refractivity contribution in [3.05, 3.63) is 0 Å². The van der Waals surface area contributed by atoms with Crippen molar-refractivity contribution in [1.82, 2.24) is 0 Å². The van der Waals surface area contributed by atoms with E-state index in [1.54, 1.807) is 0 Å². The van der Waals surface area contributed by atoms with Gasteiger partial charge in [0.2, 0.25) is 0 Å². The second-order valence-corrected chi connectivity index (χ2v) is 2.92. The van der Waals surface area contributed by atoms with Gasteiger partial charge in [0.1, 0.15) is 0 Å². The Balaban J connectivity index is 3.50. The Bertz CT molecular complexity index is 140. The second kappa shape index (κ2) is 4.70. The molecule has 6 nitrogen and oxygen atoms in total. The van der Waals surface area contributed by atoms with Gasteiger partial charge in [-0.25, -0.2) is 8.88 Å². The smallest absolute Gasteiger partial charge is 0.376 e. The van der Waals surface area contributed by atoms with E-state index in [1.165, 1.54) is 0 Å². The molecule has 0 saturated carbocycles. The third-order valence-corrected chi connectivity index (χ3v) is 1.97. The zero-order chi connectivity index (χ0) is 7.28. The summed E-state index contributed by atoms with van der Waals surface area (Å²) in [4.78, 5) is 17.3. The van der Waals surface area contributed by atoms with Gasteiger partial charge in [-0.05, 0) is 0 Å². The zero-order valence-electron chi connectivity index (χ0n) is 4.07. The molecule has 0 amide bonds. The monoisotopic (exact) mass is 174 g/mol. The highest BCUT2D eigenvalue weighted by atomic mass is 31.2. The lowest BCUT2D eigenvalue weighted by molar-refractivity contribution is -0.120. The van der Waals surface area contributed by atoms with Crippen molar-refractivity contribution in [2.45, 2.75) is 0 Å². The van der Waals surface area contributed by atoms with Crippen LogP contribution in [0.15, 0.2) is 0 Å². The highest BCUT2D eigenvalue weighted by Crippen LogP contribution is 2.34. The summed E-state index contributed by atoms with van der Waals surface area (Å²) >= 11 is 0. The van der Waals surface area contributed by atoms with Gasteiger partial charge in [-0.1, -0.05) is 0 Å². The van der Waals surface area contributed by atoms with E-state index >= 15 is 0 Å². The number of carbonyl (C=O) groups is 1. The van der Waals surface area contributed by atoms with E-state index in [-0.39, 0.29) is 6.47 Å². The highest BCUT2D eigenvalue weighted by Gasteiger charge is 2.00. The molecule has 0 aromatic rings. The van der Waals surface area contributed by atoms with Gasteiger partial charge in [0.05, 0.1) is 0 Å². The largest absolute Gasteiger partial charge is 0.396 e. The normalized spacial score (nSPS) is 16.1. The van der Waals surface area contributed by atoms with Crippen LogP contribution in [0.25, 0.3) is 0 Å². The van der Waals surface area contributed by atoms with Crippen molar-refractivity contribution in [1.29, 1.82) is 0 Å². The number of carbonyl (C=O) groups excluding carboxylic acids is 1. The number of hydrogen-bond donors (Lipinski definition) is 1. The van der Waals surface area contributed by atoms with Gasteiger partial charge in [0, 0.05) is 0 Å². The summed E-state index contributed by atoms with van der Waals surface area (Å²) in [6, 6.07) is 0. The van der Waals surface area contributed by atoms with Crippen LogP contribution >= 0.6 is 16.5 Å². The molecular weight excluding hydrogens is 170 g/mol. The molecule has 0 aliphatic carbocycles. The first kappa shape index (κ1) is 8.85. The van der Waals surface area contributed by atoms with Crippen molar-refractivity contribution in [2.24, 2.45) is 0 Å². The van der Waals surface area contributed by atoms with Crippen molar-refractivity contribution in [3.63, 3.8) is 0 Å². The lowest BCUT2D eigenvalue weighted by Crippen LogP contribution is -1.72. The Labute approximate surface area is 51.7 Å². The van der Waals surface area contributed by atoms with E-state index in [0.717, 1.165) is 0 Å². The first-order valence-electron chi connectivity index (χ1n) is 1.72. The first-order valence-corrected chi connectivity index (χ1v) is 4.20. The second-order valence-electron chi connectivity index (χ2n) is 0.832. The minimum absolute atomic E-state index is 0.119. The summed E-state index contributed by atoms with van der Waals surface area (Å²) < 4.78 is 27.1. The summed E-state index contributed by atoms with van der Waals surface area (Å²) in [6.45, 7) is -0.119. The average molecular weight is 174 g/mol. The quantitative estimate of drug-likeness (QED) is 0.474. The average Bonchev–Trinajstić information content (AvgIpc) is 1.63. The molecule has 8 heteroatoms. The minimum Gasteiger partial charge on any atom is -0.396 e. The van der Waals surface area contributed by atoms with Gasteiger partial charge < -0.3 is 9.42 Å². The SMILES string of the molecule is O=CO[PH](=O)O[PH](=O)O. The van der Waals surface area contributed by atoms with Crippen LogP contribution in [0.1, 0.15) is 0 Å². The Hall–Kier alpha value is -0.150. The number of rotatable bonds is 4. The predicted molar refractivity (Wildman–Crippen MR) is 28.5 cm³/mol. The zero-order valence-corrected chi connectivity index (χ0v) is 6.07. The molecule has 0 fully saturated rings. The Morgan fingerprint density at radius 2 is 2.00 bits per heavy atom. The number of hydrogen-bond acceptors (Lipinski definition) is 5. The van der Waals surface area contributed by atoms with Crippen LogP contribution < -0.4 is 0 Å². The topological polar surface area (TPSA) is 89.9 Å². The summed E-state index contributed by atoms with van der Waals surface area (Å²) in [5.41, 5.74) is 0. The van der Waals surface area contributed by atoms with Crippen molar-refractivity contribution in [2.75, 3.05) is 0 Å². The van der Waals surface area contributed by atoms with Crippen molar-refractivity contribution < 1.29 is 27.7 Å². The van der Waals surface area contributed by atoms with E-state index in [9.17, 15) is 13.9 Å². The molecule has 0 aliphatic heterocycles. The first-order chi connectivity index (χ1) is 4.16. The maximum atomic E-state index is 10.0. The van der Waals surface area contributed by atoms with Crippen LogP contribution in [0.4, 0.5) is 0 Å². The molecule has 0 bridgehead atoms. The molecule has 0 saturated heterocycles. The van der Waals surface area contributed by atoms with Gasteiger partial charge in [0.25, 0.3) is 6.47 Å². The lowest BCUT2D eigenvalue weighted by Gasteiger charge is -1.93. The van der Waals surface area contributed by atoms with Gasteiger partial charge >= 0.3 is 16.5 Å². The van der Waals surface area contributed by atoms with Crippen LogP contribution in [0.3, 0.4) is 0 Å². The van der Waals surface area contributed by atoms with Gasteiger partial charge in [-0.15, -0.1) is 0 Å². The minimum atomic E-state index is -3.26. The molecule has 1 N–H and O–H groups in total. The molecule has 0 aromatic heterocycles. The van der Waals surface area contributed by atoms with Gasteiger partial charge in [0.15, 0.2) is 0 Å². The van der Waals surface area contributed by atoms with E-state index in [0.29, 0.717) is 0 Å². The summed E-state index contributed by atoms with van der Waals surface area (Å²) in [5.74, 6) is 0. The molecule has 2 atom stereocenters. The molecule has 0 aromatic carbocycles. The van der Waals surface area contributed by atoms with E-state index in [4.69, 9.17) is 4.89 Å².